The van der Waals surface area contributed by atoms with Gasteiger partial charge in [0.25, 0.3) is 0 Å². The average Bonchev–Trinajstić information content (AvgIpc) is 3.49. The molecule has 2 aliphatic heterocycles. The van der Waals surface area contributed by atoms with Crippen molar-refractivity contribution in [1.29, 1.82) is 0 Å². The number of aliphatic carboxylic acids is 1. The van der Waals surface area contributed by atoms with Gasteiger partial charge in [0, 0.05) is 42.5 Å². The number of nitrogens with zero attached hydrogens (tertiary/aromatic N) is 5. The third-order valence-corrected chi connectivity index (χ3v) is 7.53. The number of nitrogens with one attached hydrogen (secondary N) is 1. The molecule has 0 aliphatic carbocycles. The van der Waals surface area contributed by atoms with Crippen LogP contribution in [-0.2, 0) is 4.79 Å². The summed E-state index contributed by atoms with van der Waals surface area (Å²) < 4.78 is 49.9. The number of carboxylic acid groups (broad SMARTS) is 1. The van der Waals surface area contributed by atoms with Gasteiger partial charge in [-0.3, -0.25) is 4.79 Å². The predicted octanol–water partition coefficient (Wildman–Crippen LogP) is 3.92. The van der Waals surface area contributed by atoms with Crippen LogP contribution in [0.2, 0.25) is 5.02 Å². The lowest BCUT2D eigenvalue weighted by Crippen LogP contribution is -2.41. The summed E-state index contributed by atoms with van der Waals surface area (Å²) in [5.74, 6) is -1.08. The van der Waals surface area contributed by atoms with Crippen molar-refractivity contribution in [2.24, 2.45) is 5.41 Å². The first kappa shape index (κ1) is 27.0. The molecule has 14 heteroatoms. The summed E-state index contributed by atoms with van der Waals surface area (Å²) in [4.78, 5) is 21.4. The number of aryl methyl sites for hydroxylation is 1. The Morgan fingerprint density at radius 3 is 2.62 bits per heavy atom. The van der Waals surface area contributed by atoms with Crippen molar-refractivity contribution in [3.8, 4) is 11.6 Å². The Morgan fingerprint density at radius 2 is 2.00 bits per heavy atom. The number of nitrogen functional groups attached to an aromatic ring is 1. The average molecular weight is 566 g/mol. The molecule has 39 heavy (non-hydrogen) atoms. The summed E-state index contributed by atoms with van der Waals surface area (Å²) in [6.07, 6.45) is -3.72. The molecule has 10 nitrogen and oxygen atoms in total. The molecule has 4 N–H and O–H groups in total. The number of hydrogen-bond acceptors (Lipinski definition) is 8. The summed E-state index contributed by atoms with van der Waals surface area (Å²) in [5.41, 5.74) is 6.28. The van der Waals surface area contributed by atoms with E-state index in [0.29, 0.717) is 50.4 Å². The fourth-order valence-electron chi connectivity index (χ4n) is 5.25. The van der Waals surface area contributed by atoms with E-state index in [9.17, 15) is 23.1 Å². The number of anilines is 2. The van der Waals surface area contributed by atoms with E-state index in [2.05, 4.69) is 20.4 Å². The first-order valence-corrected chi connectivity index (χ1v) is 12.7. The van der Waals surface area contributed by atoms with Crippen LogP contribution in [0.1, 0.15) is 36.6 Å². The second kappa shape index (κ2) is 10.2. The Bertz CT molecular complexity index is 1380. The molecule has 2 saturated heterocycles. The molecule has 2 aliphatic rings. The van der Waals surface area contributed by atoms with Gasteiger partial charge in [0.05, 0.1) is 11.4 Å². The summed E-state index contributed by atoms with van der Waals surface area (Å²) in [6, 6.07) is 6.43. The zero-order valence-electron chi connectivity index (χ0n) is 21.0. The fraction of sp³-hybridized carbons (Fsp3) is 0.440. The zero-order valence-corrected chi connectivity index (χ0v) is 21.7. The molecule has 2 unspecified atom stereocenters. The number of rotatable bonds is 6. The Morgan fingerprint density at radius 1 is 1.26 bits per heavy atom. The van der Waals surface area contributed by atoms with E-state index in [0.717, 1.165) is 0 Å². The zero-order chi connectivity index (χ0) is 27.9. The van der Waals surface area contributed by atoms with Crippen molar-refractivity contribution < 1.29 is 27.8 Å². The van der Waals surface area contributed by atoms with E-state index in [1.807, 2.05) is 4.90 Å². The van der Waals surface area contributed by atoms with Crippen molar-refractivity contribution >= 4 is 29.3 Å². The van der Waals surface area contributed by atoms with Gasteiger partial charge < -0.3 is 25.8 Å². The molecule has 4 heterocycles. The summed E-state index contributed by atoms with van der Waals surface area (Å²) in [7, 11) is 0. The number of hydrogen-bond donors (Lipinski definition) is 3. The molecule has 3 aromatic rings. The Labute approximate surface area is 226 Å². The minimum absolute atomic E-state index is 0.117. The molecule has 2 aromatic heterocycles. The van der Waals surface area contributed by atoms with E-state index in [-0.39, 0.29) is 33.5 Å². The SMILES string of the molecule is Cc1ccn(-c2cc(Cl)ccc2C(Oc2cc(N3CCC4(CC3)CNC(C(=O)O)C4)nc(N)n2)C(F)(F)F)n1. The summed E-state index contributed by atoms with van der Waals surface area (Å²) >= 11 is 6.11. The van der Waals surface area contributed by atoms with E-state index < -0.39 is 24.3 Å². The van der Waals surface area contributed by atoms with Crippen molar-refractivity contribution in [3.63, 3.8) is 0 Å². The number of piperidine rings is 1. The number of halogens is 4. The highest BCUT2D eigenvalue weighted by atomic mass is 35.5. The molecular formula is C25H27ClF3N7O3. The number of alkyl halides is 3. The fourth-order valence-corrected chi connectivity index (χ4v) is 5.42. The molecule has 1 aromatic carbocycles. The molecule has 2 atom stereocenters. The molecule has 1 spiro atoms. The quantitative estimate of drug-likeness (QED) is 0.407. The minimum atomic E-state index is -4.81. The van der Waals surface area contributed by atoms with Crippen LogP contribution in [-0.4, -0.2) is 62.7 Å². The monoisotopic (exact) mass is 565 g/mol. The largest absolute Gasteiger partial charge is 0.480 e. The number of ether oxygens (including phenoxy) is 1. The smallest absolute Gasteiger partial charge is 0.429 e. The molecule has 0 saturated carbocycles. The van der Waals surface area contributed by atoms with Gasteiger partial charge in [0.15, 0.2) is 0 Å². The molecule has 0 radical (unpaired) electrons. The van der Waals surface area contributed by atoms with Crippen LogP contribution in [0, 0.1) is 12.3 Å². The van der Waals surface area contributed by atoms with E-state index in [1.165, 1.54) is 28.9 Å². The normalized spacial score (nSPS) is 19.8. The maximum absolute atomic E-state index is 14.4. The number of nitrogens with two attached hydrogens (primary N) is 1. The second-order valence-corrected chi connectivity index (χ2v) is 10.5. The van der Waals surface area contributed by atoms with Crippen LogP contribution in [0.5, 0.6) is 5.88 Å². The van der Waals surface area contributed by atoms with Gasteiger partial charge in [-0.1, -0.05) is 17.7 Å². The lowest BCUT2D eigenvalue weighted by Gasteiger charge is -2.39. The van der Waals surface area contributed by atoms with E-state index in [4.69, 9.17) is 22.1 Å². The van der Waals surface area contributed by atoms with Gasteiger partial charge >= 0.3 is 12.1 Å². The maximum atomic E-state index is 14.4. The van der Waals surface area contributed by atoms with Crippen LogP contribution in [0.3, 0.4) is 0 Å². The van der Waals surface area contributed by atoms with E-state index in [1.54, 1.807) is 19.2 Å². The summed E-state index contributed by atoms with van der Waals surface area (Å²) in [5, 5.41) is 16.9. The van der Waals surface area contributed by atoms with Crippen molar-refractivity contribution in [1.82, 2.24) is 25.1 Å². The number of carboxylic acids is 1. The van der Waals surface area contributed by atoms with Crippen LogP contribution in [0.4, 0.5) is 24.9 Å². The third kappa shape index (κ3) is 5.74. The lowest BCUT2D eigenvalue weighted by molar-refractivity contribution is -0.198. The van der Waals surface area contributed by atoms with Crippen molar-refractivity contribution in [2.75, 3.05) is 30.3 Å². The first-order valence-electron chi connectivity index (χ1n) is 12.3. The van der Waals surface area contributed by atoms with Crippen molar-refractivity contribution in [3.05, 3.63) is 52.8 Å². The van der Waals surface area contributed by atoms with Crippen LogP contribution >= 0.6 is 11.6 Å². The van der Waals surface area contributed by atoms with Gasteiger partial charge in [0.1, 0.15) is 11.9 Å². The Hall–Kier alpha value is -3.58. The van der Waals surface area contributed by atoms with Gasteiger partial charge in [0.2, 0.25) is 17.9 Å². The van der Waals surface area contributed by atoms with Gasteiger partial charge in [-0.2, -0.15) is 28.2 Å². The van der Waals surface area contributed by atoms with Gasteiger partial charge in [-0.15, -0.1) is 0 Å². The standard InChI is InChI=1S/C25H27ClF3N7O3/c1-14-4-7-36(34-14)18-10-15(26)2-3-16(18)21(25(27,28)29)39-20-11-19(32-23(30)33-20)35-8-5-24(6-9-35)12-17(22(37)38)31-13-24/h2-4,7,10-11,17,21,31H,5-6,8-9,12-13H2,1H3,(H,37,38)(H2,30,32,33). The molecule has 208 valence electrons. The van der Waals surface area contributed by atoms with Gasteiger partial charge in [-0.05, 0) is 49.8 Å². The minimum Gasteiger partial charge on any atom is -0.480 e. The van der Waals surface area contributed by atoms with E-state index >= 15 is 0 Å². The topological polar surface area (TPSA) is 131 Å². The Kier molecular flexibility index (Phi) is 7.06. The predicted molar refractivity (Wildman–Crippen MR) is 137 cm³/mol. The third-order valence-electron chi connectivity index (χ3n) is 7.29. The Balaban J connectivity index is 1.40. The first-order chi connectivity index (χ1) is 18.4. The molecule has 0 amide bonds. The number of benzene rings is 1. The lowest BCUT2D eigenvalue weighted by atomic mass is 9.76. The molecule has 2 fully saturated rings. The molecule has 5 rings (SSSR count). The number of aromatic nitrogens is 4. The summed E-state index contributed by atoms with van der Waals surface area (Å²) in [6.45, 7) is 3.39. The van der Waals surface area contributed by atoms with Crippen LogP contribution in [0.25, 0.3) is 5.69 Å². The van der Waals surface area contributed by atoms with Gasteiger partial charge in [-0.25, -0.2) is 4.68 Å². The van der Waals surface area contributed by atoms with Crippen LogP contribution < -0.4 is 20.7 Å². The van der Waals surface area contributed by atoms with Crippen LogP contribution in [0.15, 0.2) is 36.5 Å². The number of carbonyl (C=O) groups is 1. The highest BCUT2D eigenvalue weighted by molar-refractivity contribution is 6.30. The van der Waals surface area contributed by atoms with Crippen molar-refractivity contribution in [2.45, 2.75) is 44.5 Å². The highest BCUT2D eigenvalue weighted by Crippen LogP contribution is 2.42. The maximum Gasteiger partial charge on any atom is 0.429 e. The second-order valence-electron chi connectivity index (χ2n) is 10.0. The molecular weight excluding hydrogens is 539 g/mol. The highest BCUT2D eigenvalue weighted by Gasteiger charge is 2.46. The molecule has 0 bridgehead atoms.